The fraction of sp³-hybridized carbons (Fsp3) is 0.533. The molecule has 9 heteroatoms. The van der Waals surface area contributed by atoms with Crippen LogP contribution in [0.1, 0.15) is 0 Å². The number of methoxy groups -OCH3 is 1. The van der Waals surface area contributed by atoms with E-state index >= 15 is 0 Å². The largest absolute Gasteiger partial charge is 0.491 e. The molecule has 0 fully saturated rings. The van der Waals surface area contributed by atoms with Gasteiger partial charge in [0.25, 0.3) is 0 Å². The average molecular weight is 363 g/mol. The van der Waals surface area contributed by atoms with Crippen LogP contribution in [0.15, 0.2) is 18.2 Å². The van der Waals surface area contributed by atoms with E-state index in [1.54, 1.807) is 25.3 Å². The van der Waals surface area contributed by atoms with Crippen LogP contribution in [0.2, 0.25) is 0 Å². The maximum atomic E-state index is 11.5. The van der Waals surface area contributed by atoms with Crippen LogP contribution >= 0.6 is 12.4 Å². The molecule has 0 spiro atoms. The summed E-state index contributed by atoms with van der Waals surface area (Å²) in [6.45, 7) is 1.70. The van der Waals surface area contributed by atoms with E-state index in [2.05, 4.69) is 10.6 Å². The Kier molecular flexibility index (Phi) is 9.24. The fourth-order valence-corrected chi connectivity index (χ4v) is 1.89. The number of nitrogens with one attached hydrogen (secondary N) is 2. The molecular weight excluding hydrogens is 340 g/mol. The number of carbonyl (C=O) groups is 1. The first-order valence-electron chi connectivity index (χ1n) is 7.36. The number of hydrogen-bond donors (Lipinski definition) is 3. The van der Waals surface area contributed by atoms with Gasteiger partial charge in [0, 0.05) is 26.3 Å². The molecule has 1 aliphatic rings. The second-order valence-corrected chi connectivity index (χ2v) is 4.95. The molecule has 1 unspecified atom stereocenters. The Hall–Kier alpha value is -1.74. The van der Waals surface area contributed by atoms with Crippen molar-refractivity contribution >= 4 is 18.3 Å². The fourth-order valence-electron chi connectivity index (χ4n) is 1.89. The molecule has 1 heterocycles. The number of amides is 1. The first-order valence-corrected chi connectivity index (χ1v) is 7.36. The summed E-state index contributed by atoms with van der Waals surface area (Å²) in [5.74, 6) is 1.67. The Morgan fingerprint density at radius 3 is 2.96 bits per heavy atom. The molecule has 1 aliphatic heterocycles. The van der Waals surface area contributed by atoms with E-state index in [0.717, 1.165) is 0 Å². The van der Waals surface area contributed by atoms with E-state index in [-0.39, 0.29) is 44.8 Å². The van der Waals surface area contributed by atoms with Crippen molar-refractivity contribution in [2.45, 2.75) is 6.10 Å². The topological polar surface area (TPSA) is 98.3 Å². The zero-order valence-electron chi connectivity index (χ0n) is 13.4. The molecule has 136 valence electrons. The smallest absolute Gasteiger partial charge is 0.234 e. The summed E-state index contributed by atoms with van der Waals surface area (Å²) >= 11 is 0. The van der Waals surface area contributed by atoms with E-state index < -0.39 is 6.10 Å². The van der Waals surface area contributed by atoms with Crippen LogP contribution in [0.25, 0.3) is 0 Å². The third kappa shape index (κ3) is 6.79. The number of ether oxygens (including phenoxy) is 4. The molecular formula is C15H23ClN2O6. The standard InChI is InChI=1S/C15H22N2O6.ClH/c1-20-5-4-16-8-15(19)17-7-11(18)9-21-12-2-3-13-14(6-12)23-10-22-13;/h2-3,6,11,16,18H,4-5,7-10H2,1H3,(H,17,19);1H. The van der Waals surface area contributed by atoms with Crippen LogP contribution in [0.4, 0.5) is 0 Å². The summed E-state index contributed by atoms with van der Waals surface area (Å²) in [6.07, 6.45) is -0.802. The maximum absolute atomic E-state index is 11.5. The third-order valence-electron chi connectivity index (χ3n) is 3.09. The van der Waals surface area contributed by atoms with Gasteiger partial charge >= 0.3 is 0 Å². The molecule has 8 nitrogen and oxygen atoms in total. The number of hydrogen-bond acceptors (Lipinski definition) is 7. The Morgan fingerprint density at radius 1 is 1.38 bits per heavy atom. The first kappa shape index (κ1) is 20.3. The lowest BCUT2D eigenvalue weighted by Gasteiger charge is -2.13. The minimum Gasteiger partial charge on any atom is -0.491 e. The molecule has 24 heavy (non-hydrogen) atoms. The normalized spacial score (nSPS) is 13.1. The Morgan fingerprint density at radius 2 is 2.17 bits per heavy atom. The molecule has 1 amide bonds. The Labute approximate surface area is 146 Å². The van der Waals surface area contributed by atoms with Gasteiger partial charge in [-0.1, -0.05) is 0 Å². The third-order valence-corrected chi connectivity index (χ3v) is 3.09. The highest BCUT2D eigenvalue weighted by Gasteiger charge is 2.14. The number of fused-ring (bicyclic) bond motifs is 1. The highest BCUT2D eigenvalue weighted by atomic mass is 35.5. The number of halogens is 1. The van der Waals surface area contributed by atoms with Crippen LogP contribution < -0.4 is 24.8 Å². The van der Waals surface area contributed by atoms with Gasteiger partial charge in [0.1, 0.15) is 18.5 Å². The molecule has 0 radical (unpaired) electrons. The lowest BCUT2D eigenvalue weighted by molar-refractivity contribution is -0.120. The summed E-state index contributed by atoms with van der Waals surface area (Å²) in [7, 11) is 1.60. The van der Waals surface area contributed by atoms with Crippen LogP contribution in [0.5, 0.6) is 17.2 Å². The van der Waals surface area contributed by atoms with Crippen molar-refractivity contribution in [2.24, 2.45) is 0 Å². The van der Waals surface area contributed by atoms with Crippen molar-refractivity contribution in [3.8, 4) is 17.2 Å². The van der Waals surface area contributed by atoms with E-state index in [4.69, 9.17) is 18.9 Å². The molecule has 0 aromatic heterocycles. The Balaban J connectivity index is 0.00000288. The predicted molar refractivity (Wildman–Crippen MR) is 89.1 cm³/mol. The summed E-state index contributed by atoms with van der Waals surface area (Å²) in [5, 5.41) is 15.4. The van der Waals surface area contributed by atoms with Gasteiger partial charge in [-0.2, -0.15) is 0 Å². The lowest BCUT2D eigenvalue weighted by Crippen LogP contribution is -2.40. The molecule has 1 aromatic carbocycles. The minimum atomic E-state index is -0.802. The van der Waals surface area contributed by atoms with Crippen LogP contribution in [0.3, 0.4) is 0 Å². The monoisotopic (exact) mass is 362 g/mol. The predicted octanol–water partition coefficient (Wildman–Crippen LogP) is -0.0710. The lowest BCUT2D eigenvalue weighted by atomic mass is 10.3. The summed E-state index contributed by atoms with van der Waals surface area (Å²) in [4.78, 5) is 11.5. The molecule has 0 saturated heterocycles. The van der Waals surface area contributed by atoms with E-state index in [9.17, 15) is 9.90 Å². The van der Waals surface area contributed by atoms with Gasteiger partial charge in [0.05, 0.1) is 13.2 Å². The Bertz CT molecular complexity index is 517. The molecule has 0 aliphatic carbocycles. The highest BCUT2D eigenvalue weighted by molar-refractivity contribution is 5.85. The van der Waals surface area contributed by atoms with Gasteiger partial charge in [-0.15, -0.1) is 12.4 Å². The molecule has 1 aromatic rings. The second-order valence-electron chi connectivity index (χ2n) is 4.95. The van der Waals surface area contributed by atoms with Gasteiger partial charge in [-0.25, -0.2) is 0 Å². The molecule has 0 saturated carbocycles. The first-order chi connectivity index (χ1) is 11.2. The number of benzene rings is 1. The van der Waals surface area contributed by atoms with Gasteiger partial charge in [-0.05, 0) is 12.1 Å². The number of aliphatic hydroxyl groups is 1. The number of aliphatic hydroxyl groups excluding tert-OH is 1. The van der Waals surface area contributed by atoms with Crippen molar-refractivity contribution in [1.82, 2.24) is 10.6 Å². The van der Waals surface area contributed by atoms with Crippen molar-refractivity contribution in [3.05, 3.63) is 18.2 Å². The quantitative estimate of drug-likeness (QED) is 0.501. The number of carbonyl (C=O) groups excluding carboxylic acids is 1. The van der Waals surface area contributed by atoms with Gasteiger partial charge in [0.2, 0.25) is 12.7 Å². The minimum absolute atomic E-state index is 0. The van der Waals surface area contributed by atoms with Crippen molar-refractivity contribution in [3.63, 3.8) is 0 Å². The van der Waals surface area contributed by atoms with E-state index in [0.29, 0.717) is 30.4 Å². The van der Waals surface area contributed by atoms with Gasteiger partial charge < -0.3 is 34.7 Å². The summed E-state index contributed by atoms with van der Waals surface area (Å²) in [5.41, 5.74) is 0. The molecule has 0 bridgehead atoms. The highest BCUT2D eigenvalue weighted by Crippen LogP contribution is 2.35. The summed E-state index contributed by atoms with van der Waals surface area (Å²) in [6, 6.07) is 5.18. The average Bonchev–Trinajstić information content (AvgIpc) is 3.02. The zero-order valence-corrected chi connectivity index (χ0v) is 14.3. The van der Waals surface area contributed by atoms with Crippen LogP contribution in [-0.4, -0.2) is 63.9 Å². The van der Waals surface area contributed by atoms with Crippen molar-refractivity contribution in [2.75, 3.05) is 46.8 Å². The van der Waals surface area contributed by atoms with Crippen molar-refractivity contribution in [1.29, 1.82) is 0 Å². The molecule has 1 atom stereocenters. The number of rotatable bonds is 10. The SMILES string of the molecule is COCCNCC(=O)NCC(O)COc1ccc2c(c1)OCO2.Cl. The molecule has 3 N–H and O–H groups in total. The summed E-state index contributed by atoms with van der Waals surface area (Å²) < 4.78 is 20.8. The van der Waals surface area contributed by atoms with Crippen LogP contribution in [-0.2, 0) is 9.53 Å². The second kappa shape index (κ2) is 10.9. The van der Waals surface area contributed by atoms with Gasteiger partial charge in [-0.3, -0.25) is 4.79 Å². The van der Waals surface area contributed by atoms with Gasteiger partial charge in [0.15, 0.2) is 11.5 Å². The zero-order chi connectivity index (χ0) is 16.5. The molecule has 2 rings (SSSR count). The maximum Gasteiger partial charge on any atom is 0.234 e. The van der Waals surface area contributed by atoms with E-state index in [1.807, 2.05) is 0 Å². The van der Waals surface area contributed by atoms with E-state index in [1.165, 1.54) is 0 Å². The van der Waals surface area contributed by atoms with Crippen LogP contribution in [0, 0.1) is 0 Å². The van der Waals surface area contributed by atoms with Crippen molar-refractivity contribution < 1.29 is 28.8 Å².